The Balaban J connectivity index is 2.30. The van der Waals surface area contributed by atoms with E-state index < -0.39 is 23.0 Å². The van der Waals surface area contributed by atoms with Gasteiger partial charge in [0.25, 0.3) is 0 Å². The molecule has 3 atom stereocenters. The Bertz CT molecular complexity index is 493. The summed E-state index contributed by atoms with van der Waals surface area (Å²) in [4.78, 5) is 24.5. The number of ether oxygens (including phenoxy) is 3. The molecule has 0 unspecified atom stereocenters. The largest absolute Gasteiger partial charge is 0.468 e. The topological polar surface area (TPSA) is 61.8 Å². The van der Waals surface area contributed by atoms with E-state index in [1.807, 2.05) is 6.92 Å². The second-order valence-electron chi connectivity index (χ2n) is 6.40. The predicted octanol–water partition coefficient (Wildman–Crippen LogP) is 2.41. The van der Waals surface area contributed by atoms with Crippen LogP contribution in [0.25, 0.3) is 0 Å². The first-order valence-corrected chi connectivity index (χ1v) is 7.48. The van der Waals surface area contributed by atoms with E-state index in [1.54, 1.807) is 6.08 Å². The van der Waals surface area contributed by atoms with E-state index >= 15 is 0 Å². The molecule has 22 heavy (non-hydrogen) atoms. The highest BCUT2D eigenvalue weighted by molar-refractivity contribution is 6.01. The molecule has 0 N–H and O–H groups in total. The molecule has 5 nitrogen and oxygen atoms in total. The van der Waals surface area contributed by atoms with Crippen molar-refractivity contribution in [1.82, 2.24) is 0 Å². The Kier molecular flexibility index (Phi) is 4.47. The Hall–Kier alpha value is -1.62. The average molecular weight is 308 g/mol. The van der Waals surface area contributed by atoms with Gasteiger partial charge < -0.3 is 14.2 Å². The van der Waals surface area contributed by atoms with Gasteiger partial charge in [-0.1, -0.05) is 18.2 Å². The van der Waals surface area contributed by atoms with Crippen LogP contribution in [0.5, 0.6) is 0 Å². The normalized spacial score (nSPS) is 33.5. The third-order valence-electron chi connectivity index (χ3n) is 5.07. The lowest BCUT2D eigenvalue weighted by Gasteiger charge is -2.33. The fourth-order valence-corrected chi connectivity index (χ4v) is 3.82. The maximum Gasteiger partial charge on any atom is 0.323 e. The lowest BCUT2D eigenvalue weighted by atomic mass is 9.79. The third kappa shape index (κ3) is 2.47. The second kappa shape index (κ2) is 5.88. The van der Waals surface area contributed by atoms with Crippen molar-refractivity contribution >= 4 is 11.9 Å². The van der Waals surface area contributed by atoms with Crippen LogP contribution in [0.15, 0.2) is 24.8 Å². The van der Waals surface area contributed by atoms with E-state index in [1.165, 1.54) is 14.2 Å². The first-order chi connectivity index (χ1) is 10.3. The highest BCUT2D eigenvalue weighted by Crippen LogP contribution is 2.54. The summed E-state index contributed by atoms with van der Waals surface area (Å²) in [5.74, 6) is -1.22. The molecule has 1 heterocycles. The fraction of sp³-hybridized carbons (Fsp3) is 0.647. The molecule has 0 aromatic rings. The SMILES string of the molecule is C=C[C@H]1CC[C@@](C)([C@H]2CC(C(=O)OC)(C(=O)OC)CC2=C)O1. The molecular weight excluding hydrogens is 284 g/mol. The van der Waals surface area contributed by atoms with Gasteiger partial charge in [0.05, 0.1) is 25.9 Å². The Morgan fingerprint density at radius 2 is 1.91 bits per heavy atom. The molecule has 122 valence electrons. The molecule has 0 amide bonds. The quantitative estimate of drug-likeness (QED) is 0.453. The van der Waals surface area contributed by atoms with Gasteiger partial charge in [0, 0.05) is 5.92 Å². The van der Waals surface area contributed by atoms with E-state index in [4.69, 9.17) is 14.2 Å². The van der Waals surface area contributed by atoms with Crippen molar-refractivity contribution in [3.63, 3.8) is 0 Å². The fourth-order valence-electron chi connectivity index (χ4n) is 3.82. The van der Waals surface area contributed by atoms with Crippen LogP contribution in [0.4, 0.5) is 0 Å². The lowest BCUT2D eigenvalue weighted by molar-refractivity contribution is -0.169. The summed E-state index contributed by atoms with van der Waals surface area (Å²) < 4.78 is 15.8. The summed E-state index contributed by atoms with van der Waals surface area (Å²) in [5.41, 5.74) is -0.910. The zero-order valence-electron chi connectivity index (χ0n) is 13.5. The number of carbonyl (C=O) groups is 2. The summed E-state index contributed by atoms with van der Waals surface area (Å²) in [7, 11) is 2.56. The molecule has 0 bridgehead atoms. The van der Waals surface area contributed by atoms with Gasteiger partial charge >= 0.3 is 11.9 Å². The highest BCUT2D eigenvalue weighted by atomic mass is 16.5. The Morgan fingerprint density at radius 1 is 1.32 bits per heavy atom. The number of methoxy groups -OCH3 is 2. The van der Waals surface area contributed by atoms with Gasteiger partial charge in [0.1, 0.15) is 0 Å². The molecule has 1 aliphatic heterocycles. The molecule has 1 aliphatic carbocycles. The van der Waals surface area contributed by atoms with Crippen molar-refractivity contribution in [2.75, 3.05) is 14.2 Å². The molecule has 1 saturated carbocycles. The first-order valence-electron chi connectivity index (χ1n) is 7.48. The number of hydrogen-bond acceptors (Lipinski definition) is 5. The van der Waals surface area contributed by atoms with Crippen LogP contribution in [-0.2, 0) is 23.8 Å². The minimum Gasteiger partial charge on any atom is -0.468 e. The maximum atomic E-state index is 12.2. The summed E-state index contributed by atoms with van der Waals surface area (Å²) in [6.07, 6.45) is 4.07. The molecular formula is C17H24O5. The molecule has 0 spiro atoms. The molecule has 1 saturated heterocycles. The zero-order chi connectivity index (χ0) is 16.5. The Labute approximate surface area is 131 Å². The number of esters is 2. The molecule has 0 aromatic heterocycles. The molecule has 0 aromatic carbocycles. The van der Waals surface area contributed by atoms with E-state index in [0.29, 0.717) is 6.42 Å². The molecule has 2 rings (SSSR count). The summed E-state index contributed by atoms with van der Waals surface area (Å²) in [5, 5.41) is 0. The smallest absolute Gasteiger partial charge is 0.323 e. The number of carbonyl (C=O) groups excluding carboxylic acids is 2. The molecule has 0 radical (unpaired) electrons. The first kappa shape index (κ1) is 16.7. The van der Waals surface area contributed by atoms with Crippen molar-refractivity contribution in [2.24, 2.45) is 11.3 Å². The van der Waals surface area contributed by atoms with Crippen LogP contribution in [0, 0.1) is 11.3 Å². The Morgan fingerprint density at radius 3 is 2.36 bits per heavy atom. The number of rotatable bonds is 4. The van der Waals surface area contributed by atoms with E-state index in [0.717, 1.165) is 18.4 Å². The van der Waals surface area contributed by atoms with Crippen molar-refractivity contribution in [2.45, 2.75) is 44.3 Å². The van der Waals surface area contributed by atoms with Crippen molar-refractivity contribution in [3.05, 3.63) is 24.8 Å². The van der Waals surface area contributed by atoms with Crippen LogP contribution < -0.4 is 0 Å². The average Bonchev–Trinajstić information content (AvgIpc) is 3.08. The standard InChI is InChI=1S/C17H24O5/c1-6-12-7-8-16(3,22-12)13-10-17(9-11(13)2,14(18)20-4)15(19)21-5/h6,12-13H,1-2,7-10H2,3-5H3/t12-,13-,16-/m0/s1. The van der Waals surface area contributed by atoms with Gasteiger partial charge in [-0.05, 0) is 32.6 Å². The zero-order valence-corrected chi connectivity index (χ0v) is 13.5. The van der Waals surface area contributed by atoms with Crippen molar-refractivity contribution in [3.8, 4) is 0 Å². The molecule has 2 aliphatic rings. The minimum atomic E-state index is -1.30. The van der Waals surface area contributed by atoms with E-state index in [-0.39, 0.29) is 18.4 Å². The van der Waals surface area contributed by atoms with E-state index in [2.05, 4.69) is 13.2 Å². The number of hydrogen-bond donors (Lipinski definition) is 0. The lowest BCUT2D eigenvalue weighted by Crippen LogP contribution is -2.41. The summed E-state index contributed by atoms with van der Waals surface area (Å²) in [6, 6.07) is 0. The van der Waals surface area contributed by atoms with Gasteiger partial charge in [-0.3, -0.25) is 9.59 Å². The van der Waals surface area contributed by atoms with Crippen LogP contribution in [0.3, 0.4) is 0 Å². The van der Waals surface area contributed by atoms with E-state index in [9.17, 15) is 9.59 Å². The van der Waals surface area contributed by atoms with Crippen LogP contribution in [-0.4, -0.2) is 37.9 Å². The highest BCUT2D eigenvalue weighted by Gasteiger charge is 2.59. The van der Waals surface area contributed by atoms with Crippen LogP contribution >= 0.6 is 0 Å². The molecule has 5 heteroatoms. The maximum absolute atomic E-state index is 12.2. The summed E-state index contributed by atoms with van der Waals surface area (Å²) in [6.45, 7) is 9.86. The van der Waals surface area contributed by atoms with Gasteiger partial charge in [0.15, 0.2) is 5.41 Å². The third-order valence-corrected chi connectivity index (χ3v) is 5.07. The molecule has 2 fully saturated rings. The van der Waals surface area contributed by atoms with Gasteiger partial charge in [-0.25, -0.2) is 0 Å². The minimum absolute atomic E-state index is 0.00375. The monoisotopic (exact) mass is 308 g/mol. The van der Waals surface area contributed by atoms with Crippen LogP contribution in [0.2, 0.25) is 0 Å². The second-order valence-corrected chi connectivity index (χ2v) is 6.40. The van der Waals surface area contributed by atoms with Gasteiger partial charge in [-0.15, -0.1) is 6.58 Å². The van der Waals surface area contributed by atoms with Crippen molar-refractivity contribution < 1.29 is 23.8 Å². The van der Waals surface area contributed by atoms with Gasteiger partial charge in [-0.2, -0.15) is 0 Å². The van der Waals surface area contributed by atoms with Crippen molar-refractivity contribution in [1.29, 1.82) is 0 Å². The van der Waals surface area contributed by atoms with Crippen LogP contribution in [0.1, 0.15) is 32.6 Å². The van der Waals surface area contributed by atoms with Gasteiger partial charge in [0.2, 0.25) is 0 Å². The predicted molar refractivity (Wildman–Crippen MR) is 81.0 cm³/mol. The summed E-state index contributed by atoms with van der Waals surface area (Å²) >= 11 is 0.